The first-order valence-corrected chi connectivity index (χ1v) is 8.28. The molecule has 1 aromatic rings. The number of likely N-dealkylation sites (N-methyl/N-ethyl adjacent to an activating group) is 2. The molecule has 0 fully saturated rings. The normalized spacial score (nSPS) is 11.7. The fraction of sp³-hybridized carbons (Fsp3) is 0.500. The van der Waals surface area contributed by atoms with Gasteiger partial charge in [-0.2, -0.15) is 4.31 Å². The zero-order valence-corrected chi connectivity index (χ0v) is 13.8. The van der Waals surface area contributed by atoms with Crippen LogP contribution >= 0.6 is 0 Å². The van der Waals surface area contributed by atoms with Gasteiger partial charge in [-0.25, -0.2) is 8.42 Å². The van der Waals surface area contributed by atoms with E-state index in [0.29, 0.717) is 13.1 Å². The van der Waals surface area contributed by atoms with Crippen LogP contribution in [-0.4, -0.2) is 50.2 Å². The molecule has 0 spiro atoms. The molecule has 21 heavy (non-hydrogen) atoms. The highest BCUT2D eigenvalue weighted by Crippen LogP contribution is 2.22. The smallest absolute Gasteiger partial charge is 0.245 e. The Morgan fingerprint density at radius 1 is 1.24 bits per heavy atom. The molecule has 0 saturated heterocycles. The third-order valence-corrected chi connectivity index (χ3v) is 5.20. The van der Waals surface area contributed by atoms with Crippen LogP contribution in [0.3, 0.4) is 0 Å². The molecule has 0 atom stereocenters. The zero-order valence-electron chi connectivity index (χ0n) is 13.0. The van der Waals surface area contributed by atoms with E-state index in [0.717, 1.165) is 9.87 Å². The van der Waals surface area contributed by atoms with E-state index in [2.05, 4.69) is 0 Å². The Hall–Kier alpha value is -1.60. The Morgan fingerprint density at radius 2 is 1.81 bits per heavy atom. The molecular formula is C14H23N3O3S. The van der Waals surface area contributed by atoms with Gasteiger partial charge in [0.2, 0.25) is 15.9 Å². The SMILES string of the molecule is CCN(CC)C(=O)CN(C)S(=O)(=O)c1ccc(C)cc1N. The molecule has 1 rings (SSSR count). The summed E-state index contributed by atoms with van der Waals surface area (Å²) in [6.45, 7) is 6.45. The second-order valence-corrected chi connectivity index (χ2v) is 6.88. The van der Waals surface area contributed by atoms with Crippen molar-refractivity contribution in [3.05, 3.63) is 23.8 Å². The Kier molecular flexibility index (Phi) is 5.74. The molecule has 0 aromatic heterocycles. The summed E-state index contributed by atoms with van der Waals surface area (Å²) in [5.41, 5.74) is 6.86. The quantitative estimate of drug-likeness (QED) is 0.796. The van der Waals surface area contributed by atoms with Gasteiger partial charge in [-0.1, -0.05) is 6.07 Å². The van der Waals surface area contributed by atoms with Crippen LogP contribution < -0.4 is 5.73 Å². The van der Waals surface area contributed by atoms with Crippen LogP contribution in [0.2, 0.25) is 0 Å². The first kappa shape index (κ1) is 17.5. The molecule has 0 aliphatic carbocycles. The molecule has 0 bridgehead atoms. The third kappa shape index (κ3) is 3.95. The van der Waals surface area contributed by atoms with E-state index in [1.54, 1.807) is 17.0 Å². The molecule has 1 aromatic carbocycles. The molecule has 0 aliphatic heterocycles. The fourth-order valence-electron chi connectivity index (χ4n) is 2.02. The van der Waals surface area contributed by atoms with Crippen LogP contribution in [0.1, 0.15) is 19.4 Å². The molecule has 1 amide bonds. The standard InChI is InChI=1S/C14H23N3O3S/c1-5-17(6-2)14(18)10-16(4)21(19,20)13-8-7-11(3)9-12(13)15/h7-9H,5-6,10,15H2,1-4H3. The topological polar surface area (TPSA) is 83.7 Å². The summed E-state index contributed by atoms with van der Waals surface area (Å²) in [5, 5.41) is 0. The Bertz CT molecular complexity index is 610. The highest BCUT2D eigenvalue weighted by Gasteiger charge is 2.26. The van der Waals surface area contributed by atoms with E-state index in [9.17, 15) is 13.2 Å². The molecule has 118 valence electrons. The summed E-state index contributed by atoms with van der Waals surface area (Å²) in [5.74, 6) is -0.225. The van der Waals surface area contributed by atoms with Crippen LogP contribution in [0.4, 0.5) is 5.69 Å². The number of hydrogen-bond donors (Lipinski definition) is 1. The van der Waals surface area contributed by atoms with Crippen LogP contribution in [0.5, 0.6) is 0 Å². The van der Waals surface area contributed by atoms with Gasteiger partial charge in [-0.05, 0) is 38.5 Å². The number of carbonyl (C=O) groups is 1. The molecule has 2 N–H and O–H groups in total. The van der Waals surface area contributed by atoms with Crippen LogP contribution in [0, 0.1) is 6.92 Å². The second kappa shape index (κ2) is 6.91. The summed E-state index contributed by atoms with van der Waals surface area (Å²) < 4.78 is 26.0. The maximum Gasteiger partial charge on any atom is 0.245 e. The highest BCUT2D eigenvalue weighted by molar-refractivity contribution is 7.89. The molecule has 0 aliphatic rings. The minimum atomic E-state index is -3.77. The maximum atomic E-state index is 12.5. The van der Waals surface area contributed by atoms with Crippen molar-refractivity contribution in [3.8, 4) is 0 Å². The zero-order chi connectivity index (χ0) is 16.2. The number of rotatable bonds is 6. The lowest BCUT2D eigenvalue weighted by Gasteiger charge is -2.23. The van der Waals surface area contributed by atoms with Gasteiger partial charge in [0.15, 0.2) is 0 Å². The minimum Gasteiger partial charge on any atom is -0.398 e. The molecule has 7 heteroatoms. The van der Waals surface area contributed by atoms with Gasteiger partial charge in [-0.3, -0.25) is 4.79 Å². The second-order valence-electron chi connectivity index (χ2n) is 4.87. The van der Waals surface area contributed by atoms with Crippen molar-refractivity contribution < 1.29 is 13.2 Å². The predicted octanol–water partition coefficient (Wildman–Crippen LogP) is 1.07. The number of nitrogens with two attached hydrogens (primary N) is 1. The number of hydrogen-bond acceptors (Lipinski definition) is 4. The number of nitrogens with zero attached hydrogens (tertiary/aromatic N) is 2. The lowest BCUT2D eigenvalue weighted by Crippen LogP contribution is -2.41. The molecule has 0 radical (unpaired) electrons. The fourth-order valence-corrected chi connectivity index (χ4v) is 3.24. The summed E-state index contributed by atoms with van der Waals surface area (Å²) >= 11 is 0. The van der Waals surface area contributed by atoms with E-state index in [4.69, 9.17) is 5.73 Å². The van der Waals surface area contributed by atoms with Gasteiger partial charge in [0, 0.05) is 20.1 Å². The average Bonchev–Trinajstić information content (AvgIpc) is 2.39. The number of aryl methyl sites for hydroxylation is 1. The molecule has 6 nitrogen and oxygen atoms in total. The number of amides is 1. The molecule has 0 saturated carbocycles. The largest absolute Gasteiger partial charge is 0.398 e. The summed E-state index contributed by atoms with van der Waals surface area (Å²) in [6.07, 6.45) is 0. The minimum absolute atomic E-state index is 0.0305. The van der Waals surface area contributed by atoms with Crippen LogP contribution in [0.25, 0.3) is 0 Å². The van der Waals surface area contributed by atoms with Crippen molar-refractivity contribution in [2.45, 2.75) is 25.7 Å². The summed E-state index contributed by atoms with van der Waals surface area (Å²) in [4.78, 5) is 13.6. The van der Waals surface area contributed by atoms with Crippen LogP contribution in [-0.2, 0) is 14.8 Å². The van der Waals surface area contributed by atoms with Crippen molar-refractivity contribution in [1.82, 2.24) is 9.21 Å². The average molecular weight is 313 g/mol. The van der Waals surface area contributed by atoms with E-state index in [1.807, 2.05) is 20.8 Å². The van der Waals surface area contributed by atoms with Crippen LogP contribution in [0.15, 0.2) is 23.1 Å². The Labute approximate surface area is 126 Å². The first-order valence-electron chi connectivity index (χ1n) is 6.84. The Balaban J connectivity index is 2.99. The van der Waals surface area contributed by atoms with Gasteiger partial charge < -0.3 is 10.6 Å². The van der Waals surface area contributed by atoms with Crippen molar-refractivity contribution in [2.75, 3.05) is 32.4 Å². The van der Waals surface area contributed by atoms with Crippen molar-refractivity contribution in [2.24, 2.45) is 0 Å². The predicted molar refractivity (Wildman–Crippen MR) is 83.3 cm³/mol. The van der Waals surface area contributed by atoms with E-state index in [1.165, 1.54) is 13.1 Å². The third-order valence-electron chi connectivity index (χ3n) is 3.33. The van der Waals surface area contributed by atoms with Gasteiger partial charge in [-0.15, -0.1) is 0 Å². The van der Waals surface area contributed by atoms with E-state index < -0.39 is 10.0 Å². The van der Waals surface area contributed by atoms with Crippen molar-refractivity contribution in [3.63, 3.8) is 0 Å². The lowest BCUT2D eigenvalue weighted by atomic mass is 10.2. The lowest BCUT2D eigenvalue weighted by molar-refractivity contribution is -0.130. The number of carbonyl (C=O) groups excluding carboxylic acids is 1. The van der Waals surface area contributed by atoms with Gasteiger partial charge in [0.25, 0.3) is 0 Å². The van der Waals surface area contributed by atoms with Gasteiger partial charge >= 0.3 is 0 Å². The van der Waals surface area contributed by atoms with E-state index in [-0.39, 0.29) is 23.0 Å². The molecule has 0 heterocycles. The number of nitrogen functional groups attached to an aromatic ring is 1. The first-order chi connectivity index (χ1) is 9.73. The number of benzene rings is 1. The van der Waals surface area contributed by atoms with Crippen molar-refractivity contribution in [1.29, 1.82) is 0 Å². The monoisotopic (exact) mass is 313 g/mol. The Morgan fingerprint density at radius 3 is 2.29 bits per heavy atom. The van der Waals surface area contributed by atoms with Gasteiger partial charge in [0.1, 0.15) is 4.90 Å². The maximum absolute atomic E-state index is 12.5. The van der Waals surface area contributed by atoms with Crippen molar-refractivity contribution >= 4 is 21.6 Å². The number of anilines is 1. The van der Waals surface area contributed by atoms with Gasteiger partial charge in [0.05, 0.1) is 12.2 Å². The molecular weight excluding hydrogens is 290 g/mol. The summed E-state index contributed by atoms with van der Waals surface area (Å²) in [6, 6.07) is 4.76. The highest BCUT2D eigenvalue weighted by atomic mass is 32.2. The molecule has 0 unspecified atom stereocenters. The summed E-state index contributed by atoms with van der Waals surface area (Å²) in [7, 11) is -2.39. The number of sulfonamides is 1. The van der Waals surface area contributed by atoms with E-state index >= 15 is 0 Å².